The molecule has 0 amide bonds. The lowest BCUT2D eigenvalue weighted by Gasteiger charge is -2.25. The summed E-state index contributed by atoms with van der Waals surface area (Å²) in [7, 11) is 2.07. The van der Waals surface area contributed by atoms with Gasteiger partial charge in [-0.3, -0.25) is 4.79 Å². The van der Waals surface area contributed by atoms with Crippen molar-refractivity contribution >= 4 is 5.78 Å². The highest BCUT2D eigenvalue weighted by Gasteiger charge is 2.30. The smallest absolute Gasteiger partial charge is 0.416 e. The lowest BCUT2D eigenvalue weighted by Crippen LogP contribution is -2.27. The van der Waals surface area contributed by atoms with Crippen LogP contribution in [0.3, 0.4) is 0 Å². The van der Waals surface area contributed by atoms with Gasteiger partial charge in [0.2, 0.25) is 5.78 Å². The molecule has 1 unspecified atom stereocenters. The molecule has 39 heavy (non-hydrogen) atoms. The van der Waals surface area contributed by atoms with Crippen LogP contribution >= 0.6 is 0 Å². The van der Waals surface area contributed by atoms with Crippen molar-refractivity contribution in [1.29, 1.82) is 0 Å². The summed E-state index contributed by atoms with van der Waals surface area (Å²) in [5.41, 5.74) is 2.89. The van der Waals surface area contributed by atoms with Crippen LogP contribution < -0.4 is 4.74 Å². The zero-order chi connectivity index (χ0) is 27.4. The molecule has 2 atom stereocenters. The van der Waals surface area contributed by atoms with Crippen molar-refractivity contribution in [3.8, 4) is 5.75 Å². The molecular weight excluding hydrogens is 501 g/mol. The Kier molecular flexibility index (Phi) is 7.89. The first-order valence-electron chi connectivity index (χ1n) is 13.2. The minimum absolute atomic E-state index is 0.0435. The molecule has 0 N–H and O–H groups in total. The number of alkyl halides is 3. The van der Waals surface area contributed by atoms with Gasteiger partial charge in [-0.15, -0.1) is 0 Å². The van der Waals surface area contributed by atoms with Gasteiger partial charge in [-0.2, -0.15) is 13.2 Å². The van der Waals surface area contributed by atoms with Gasteiger partial charge in [-0.25, -0.2) is 0 Å². The topological polar surface area (TPSA) is 34.5 Å². The van der Waals surface area contributed by atoms with E-state index < -0.39 is 11.7 Å². The molecule has 1 aliphatic rings. The molecule has 1 aromatic heterocycles. The molecule has 0 radical (unpaired) electrons. The van der Waals surface area contributed by atoms with Crippen molar-refractivity contribution in [3.63, 3.8) is 0 Å². The van der Waals surface area contributed by atoms with Crippen LogP contribution in [0.15, 0.2) is 97.1 Å². The largest absolute Gasteiger partial charge is 0.486 e. The average molecular weight is 533 g/mol. The molecule has 0 saturated heterocycles. The van der Waals surface area contributed by atoms with Crippen molar-refractivity contribution in [2.24, 2.45) is 0 Å². The number of nitrogens with zero attached hydrogens (tertiary/aromatic N) is 2. The zero-order valence-corrected chi connectivity index (χ0v) is 21.8. The van der Waals surface area contributed by atoms with E-state index in [1.54, 1.807) is 0 Å². The SMILES string of the molecule is CN(CC[C@@H](Oc1ccc(C(F)(F)F)cc1)c1ccccc1)CC1CCn2c(C(=O)c3ccccc3)ccc21. The number of benzene rings is 3. The van der Waals surface area contributed by atoms with Crippen molar-refractivity contribution in [3.05, 3.63) is 125 Å². The Morgan fingerprint density at radius 1 is 0.949 bits per heavy atom. The van der Waals surface area contributed by atoms with Gasteiger partial charge in [0.25, 0.3) is 0 Å². The van der Waals surface area contributed by atoms with Crippen molar-refractivity contribution in [1.82, 2.24) is 9.47 Å². The third kappa shape index (κ3) is 6.25. The number of carbonyl (C=O) groups is 1. The Morgan fingerprint density at radius 3 is 2.28 bits per heavy atom. The Hall–Kier alpha value is -3.84. The number of aromatic nitrogens is 1. The van der Waals surface area contributed by atoms with Gasteiger partial charge in [0.15, 0.2) is 0 Å². The summed E-state index contributed by atoms with van der Waals surface area (Å²) < 4.78 is 47.2. The second-order valence-electron chi connectivity index (χ2n) is 10.1. The number of ketones is 1. The maximum atomic E-state index is 13.0. The van der Waals surface area contributed by atoms with Gasteiger partial charge in [-0.05, 0) is 55.4 Å². The molecule has 5 rings (SSSR count). The molecular formula is C32H31F3N2O2. The highest BCUT2D eigenvalue weighted by Crippen LogP contribution is 2.34. The van der Waals surface area contributed by atoms with Gasteiger partial charge < -0.3 is 14.2 Å². The van der Waals surface area contributed by atoms with Crippen LogP contribution in [0.1, 0.15) is 57.7 Å². The fourth-order valence-electron chi connectivity index (χ4n) is 5.30. The Bertz CT molecular complexity index is 1380. The van der Waals surface area contributed by atoms with Crippen LogP contribution in [0.5, 0.6) is 5.75 Å². The molecule has 7 heteroatoms. The van der Waals surface area contributed by atoms with E-state index in [1.807, 2.05) is 66.7 Å². The molecule has 4 nitrogen and oxygen atoms in total. The van der Waals surface area contributed by atoms with E-state index in [9.17, 15) is 18.0 Å². The maximum absolute atomic E-state index is 13.0. The third-order valence-corrected chi connectivity index (χ3v) is 7.34. The number of hydrogen-bond acceptors (Lipinski definition) is 3. The van der Waals surface area contributed by atoms with E-state index in [4.69, 9.17) is 4.74 Å². The Labute approximate surface area is 226 Å². The van der Waals surface area contributed by atoms with Crippen molar-refractivity contribution in [2.75, 3.05) is 20.1 Å². The summed E-state index contributed by atoms with van der Waals surface area (Å²) >= 11 is 0. The van der Waals surface area contributed by atoms with Gasteiger partial charge >= 0.3 is 6.18 Å². The van der Waals surface area contributed by atoms with Crippen LogP contribution in [0, 0.1) is 0 Å². The van der Waals surface area contributed by atoms with E-state index in [0.29, 0.717) is 23.7 Å². The fraction of sp³-hybridized carbons (Fsp3) is 0.281. The molecule has 1 aliphatic heterocycles. The predicted octanol–water partition coefficient (Wildman–Crippen LogP) is 7.37. The number of rotatable bonds is 10. The minimum Gasteiger partial charge on any atom is -0.486 e. The van der Waals surface area contributed by atoms with E-state index in [0.717, 1.165) is 49.4 Å². The van der Waals surface area contributed by atoms with Crippen LogP contribution in [-0.4, -0.2) is 35.4 Å². The van der Waals surface area contributed by atoms with Crippen molar-refractivity contribution < 1.29 is 22.7 Å². The van der Waals surface area contributed by atoms with E-state index in [-0.39, 0.29) is 11.9 Å². The van der Waals surface area contributed by atoms with Gasteiger partial charge in [0.05, 0.1) is 11.3 Å². The first-order valence-corrected chi connectivity index (χ1v) is 13.2. The monoisotopic (exact) mass is 532 g/mol. The highest BCUT2D eigenvalue weighted by molar-refractivity contribution is 6.08. The minimum atomic E-state index is -4.38. The number of ether oxygens (including phenoxy) is 1. The normalized spacial score (nSPS) is 15.8. The lowest BCUT2D eigenvalue weighted by atomic mass is 10.0. The summed E-state index contributed by atoms with van der Waals surface area (Å²) in [4.78, 5) is 15.3. The average Bonchev–Trinajstić information content (AvgIpc) is 3.54. The summed E-state index contributed by atoms with van der Waals surface area (Å²) in [6, 6.07) is 28.0. The number of hydrogen-bond donors (Lipinski definition) is 0. The zero-order valence-electron chi connectivity index (χ0n) is 21.8. The molecule has 4 aromatic rings. The third-order valence-electron chi connectivity index (χ3n) is 7.34. The second kappa shape index (κ2) is 11.5. The van der Waals surface area contributed by atoms with Crippen LogP contribution in [0.4, 0.5) is 13.2 Å². The van der Waals surface area contributed by atoms with E-state index in [1.165, 1.54) is 17.8 Å². The van der Waals surface area contributed by atoms with Crippen LogP contribution in [0.25, 0.3) is 0 Å². The number of fused-ring (bicyclic) bond motifs is 1. The molecule has 0 aliphatic carbocycles. The molecule has 3 aromatic carbocycles. The van der Waals surface area contributed by atoms with Crippen LogP contribution in [-0.2, 0) is 12.7 Å². The number of halogens is 3. The van der Waals surface area contributed by atoms with E-state index >= 15 is 0 Å². The molecule has 0 fully saturated rings. The molecule has 2 heterocycles. The first-order chi connectivity index (χ1) is 18.8. The summed E-state index contributed by atoms with van der Waals surface area (Å²) in [6.07, 6.45) is -3.03. The maximum Gasteiger partial charge on any atom is 0.416 e. The molecule has 0 bridgehead atoms. The number of carbonyl (C=O) groups excluding carboxylic acids is 1. The summed E-state index contributed by atoms with van der Waals surface area (Å²) in [5, 5.41) is 0. The first kappa shape index (κ1) is 26.8. The molecule has 0 spiro atoms. The van der Waals surface area contributed by atoms with Crippen LogP contribution in [0.2, 0.25) is 0 Å². The van der Waals surface area contributed by atoms with E-state index in [2.05, 4.69) is 22.6 Å². The van der Waals surface area contributed by atoms with Gasteiger partial charge in [-0.1, -0.05) is 60.7 Å². The standard InChI is InChI=1S/C32H31F3N2O2/c1-36(22-25-18-21-37-28(25)16-17-29(37)31(38)24-10-6-3-7-11-24)20-19-30(23-8-4-2-5-9-23)39-27-14-12-26(13-15-27)32(33,34)35/h2-17,25,30H,18-22H2,1H3/t25?,30-/m1/s1. The Balaban J connectivity index is 1.23. The summed E-state index contributed by atoms with van der Waals surface area (Å²) in [5.74, 6) is 0.768. The highest BCUT2D eigenvalue weighted by atomic mass is 19.4. The van der Waals surface area contributed by atoms with Crippen molar-refractivity contribution in [2.45, 2.75) is 37.6 Å². The summed E-state index contributed by atoms with van der Waals surface area (Å²) in [6.45, 7) is 2.40. The molecule has 202 valence electrons. The Morgan fingerprint density at radius 2 is 1.62 bits per heavy atom. The fourth-order valence-corrected chi connectivity index (χ4v) is 5.30. The van der Waals surface area contributed by atoms with Gasteiger partial charge in [0.1, 0.15) is 11.9 Å². The second-order valence-corrected chi connectivity index (χ2v) is 10.1. The quantitative estimate of drug-likeness (QED) is 0.200. The number of likely N-dealkylation sites (N-methyl/N-ethyl adjacent to an activating group) is 1. The predicted molar refractivity (Wildman–Crippen MR) is 145 cm³/mol. The molecule has 0 saturated carbocycles. The lowest BCUT2D eigenvalue weighted by molar-refractivity contribution is -0.137. The van der Waals surface area contributed by atoms with Gasteiger partial charge in [0, 0.05) is 43.2 Å².